The molecule has 2 atom stereocenters. The summed E-state index contributed by atoms with van der Waals surface area (Å²) in [5.74, 6) is -4.24. The first-order valence-corrected chi connectivity index (χ1v) is 8.22. The van der Waals surface area contributed by atoms with Crippen LogP contribution in [0, 0.1) is 9.81 Å². The molecule has 0 rings (SSSR count). The maximum atomic E-state index is 11.7. The van der Waals surface area contributed by atoms with Gasteiger partial charge in [-0.2, -0.15) is 0 Å². The monoisotopic (exact) mass is 414 g/mol. The van der Waals surface area contributed by atoms with Gasteiger partial charge in [-0.25, -0.2) is 0 Å². The summed E-state index contributed by atoms with van der Waals surface area (Å²) < 4.78 is 0. The Morgan fingerprint density at radius 3 is 1.21 bits per heavy atom. The molecule has 0 spiro atoms. The molecule has 29 heavy (non-hydrogen) atoms. The van der Waals surface area contributed by atoms with Crippen LogP contribution < -0.4 is 0 Å². The predicted octanol–water partition coefficient (Wildman–Crippen LogP) is 0.0969. The molecule has 0 aliphatic rings. The van der Waals surface area contributed by atoms with E-state index in [1.807, 2.05) is 0 Å². The molecular formula is C15H22N6O8. The number of hydrogen-bond acceptors (Lipinski definition) is 12. The van der Waals surface area contributed by atoms with E-state index in [9.17, 15) is 29.0 Å². The standard InChI is InChI=1S/C15H22N6O8/c1-8(22)12(16-26)20(13(17-27)9(2)23)6-5-7-21(14(18-28)10(3)24)15(19-29)11(4)25/h12,14,27,29H,5-7H2,1-4H3. The maximum absolute atomic E-state index is 11.7. The van der Waals surface area contributed by atoms with Crippen molar-refractivity contribution in [2.45, 2.75) is 46.4 Å². The van der Waals surface area contributed by atoms with Crippen LogP contribution in [0.25, 0.3) is 0 Å². The molecule has 2 N–H and O–H groups in total. The highest BCUT2D eigenvalue weighted by Gasteiger charge is 2.32. The number of ketones is 4. The van der Waals surface area contributed by atoms with E-state index in [-0.39, 0.29) is 19.5 Å². The van der Waals surface area contributed by atoms with E-state index >= 15 is 0 Å². The van der Waals surface area contributed by atoms with Crippen molar-refractivity contribution < 1.29 is 29.6 Å². The lowest BCUT2D eigenvalue weighted by molar-refractivity contribution is -0.121. The van der Waals surface area contributed by atoms with Gasteiger partial charge in [-0.3, -0.25) is 19.2 Å². The third-order valence-electron chi connectivity index (χ3n) is 3.68. The van der Waals surface area contributed by atoms with E-state index in [2.05, 4.69) is 20.7 Å². The minimum Gasteiger partial charge on any atom is -0.409 e. The van der Waals surface area contributed by atoms with Gasteiger partial charge < -0.3 is 20.2 Å². The first-order chi connectivity index (χ1) is 13.6. The Hall–Kier alpha value is -3.58. The van der Waals surface area contributed by atoms with Gasteiger partial charge in [0.15, 0.2) is 23.1 Å². The van der Waals surface area contributed by atoms with Gasteiger partial charge >= 0.3 is 0 Å². The number of carbonyl (C=O) groups excluding carboxylic acids is 4. The molecule has 0 fully saturated rings. The largest absolute Gasteiger partial charge is 0.409 e. The Morgan fingerprint density at radius 1 is 0.724 bits per heavy atom. The Labute approximate surface area is 165 Å². The van der Waals surface area contributed by atoms with Crippen molar-refractivity contribution in [3.05, 3.63) is 9.81 Å². The van der Waals surface area contributed by atoms with Crippen LogP contribution in [0.3, 0.4) is 0 Å². The molecule has 14 heteroatoms. The zero-order valence-electron chi connectivity index (χ0n) is 16.3. The van der Waals surface area contributed by atoms with E-state index in [4.69, 9.17) is 10.4 Å². The Bertz CT molecular complexity index is 674. The number of nitrogens with zero attached hydrogens (tertiary/aromatic N) is 6. The first-order valence-electron chi connectivity index (χ1n) is 8.22. The number of Topliss-reactive ketones (excluding diaryl/α,β-unsaturated/α-hetero) is 4. The van der Waals surface area contributed by atoms with Crippen LogP contribution in [0.5, 0.6) is 0 Å². The van der Waals surface area contributed by atoms with Crippen molar-refractivity contribution in [3.63, 3.8) is 0 Å². The van der Waals surface area contributed by atoms with Gasteiger partial charge in [0.1, 0.15) is 0 Å². The van der Waals surface area contributed by atoms with Gasteiger partial charge in [-0.05, 0) is 30.6 Å². The number of amidine groups is 2. The molecule has 0 amide bonds. The molecular weight excluding hydrogens is 392 g/mol. The normalized spacial score (nSPS) is 13.8. The fourth-order valence-electron chi connectivity index (χ4n) is 2.46. The van der Waals surface area contributed by atoms with E-state index in [1.54, 1.807) is 0 Å². The molecule has 0 bridgehead atoms. The second kappa shape index (κ2) is 12.0. The van der Waals surface area contributed by atoms with Crippen LogP contribution in [0.1, 0.15) is 34.1 Å². The first kappa shape index (κ1) is 25.4. The fourth-order valence-corrected chi connectivity index (χ4v) is 2.46. The SMILES string of the molecule is CC(=O)C(=NO)N(CCCN(C(=NO)C(C)=O)C(N=O)C(C)=O)C(N=O)C(C)=O. The molecule has 0 aromatic heterocycles. The molecule has 2 unspecified atom stereocenters. The van der Waals surface area contributed by atoms with Crippen LogP contribution >= 0.6 is 0 Å². The van der Waals surface area contributed by atoms with Crippen molar-refractivity contribution in [1.82, 2.24) is 9.80 Å². The average Bonchev–Trinajstić information content (AvgIpc) is 2.62. The maximum Gasteiger partial charge on any atom is 0.223 e. The number of nitroso groups, excluding NO2 is 2. The van der Waals surface area contributed by atoms with Crippen molar-refractivity contribution >= 4 is 34.8 Å². The van der Waals surface area contributed by atoms with Gasteiger partial charge in [-0.15, -0.1) is 9.81 Å². The van der Waals surface area contributed by atoms with E-state index in [0.29, 0.717) is 0 Å². The van der Waals surface area contributed by atoms with Crippen LogP contribution in [-0.4, -0.2) is 80.4 Å². The highest BCUT2D eigenvalue weighted by Crippen LogP contribution is 2.11. The summed E-state index contributed by atoms with van der Waals surface area (Å²) in [7, 11) is 0. The second-order valence-corrected chi connectivity index (χ2v) is 5.88. The molecule has 0 radical (unpaired) electrons. The minimum absolute atomic E-state index is 0.100. The quantitative estimate of drug-likeness (QED) is 0.145. The van der Waals surface area contributed by atoms with Crippen molar-refractivity contribution in [1.29, 1.82) is 0 Å². The van der Waals surface area contributed by atoms with Crippen molar-refractivity contribution in [2.24, 2.45) is 20.7 Å². The summed E-state index contributed by atoms with van der Waals surface area (Å²) in [4.78, 5) is 70.4. The number of rotatable bonds is 12. The van der Waals surface area contributed by atoms with Crippen LogP contribution in [-0.2, 0) is 19.2 Å². The van der Waals surface area contributed by atoms with Crippen molar-refractivity contribution in [2.75, 3.05) is 13.1 Å². The minimum atomic E-state index is -1.68. The zero-order chi connectivity index (χ0) is 22.7. The lowest BCUT2D eigenvalue weighted by Crippen LogP contribution is -2.49. The molecule has 0 aliphatic heterocycles. The Kier molecular flexibility index (Phi) is 10.5. The zero-order valence-corrected chi connectivity index (χ0v) is 16.3. The molecule has 0 aromatic rings. The van der Waals surface area contributed by atoms with E-state index < -0.39 is 47.1 Å². The summed E-state index contributed by atoms with van der Waals surface area (Å²) >= 11 is 0. The second-order valence-electron chi connectivity index (χ2n) is 5.88. The van der Waals surface area contributed by atoms with Crippen LogP contribution in [0.4, 0.5) is 0 Å². The molecule has 160 valence electrons. The van der Waals surface area contributed by atoms with Gasteiger partial charge in [0.25, 0.3) is 0 Å². The van der Waals surface area contributed by atoms with Crippen LogP contribution in [0.15, 0.2) is 20.7 Å². The molecule has 0 saturated carbocycles. The predicted molar refractivity (Wildman–Crippen MR) is 98.4 cm³/mol. The summed E-state index contributed by atoms with van der Waals surface area (Å²) in [6.45, 7) is 3.57. The lowest BCUT2D eigenvalue weighted by atomic mass is 10.2. The van der Waals surface area contributed by atoms with Crippen LogP contribution in [0.2, 0.25) is 0 Å². The Balaban J connectivity index is 5.79. The highest BCUT2D eigenvalue weighted by atomic mass is 16.4. The van der Waals surface area contributed by atoms with E-state index in [1.165, 1.54) is 0 Å². The summed E-state index contributed by atoms with van der Waals surface area (Å²) in [5.41, 5.74) is 0. The third kappa shape index (κ3) is 6.82. The topological polar surface area (TPSA) is 199 Å². The number of hydrogen-bond donors (Lipinski definition) is 2. The molecule has 0 saturated heterocycles. The summed E-state index contributed by atoms with van der Waals surface area (Å²) in [6, 6.07) is 0. The van der Waals surface area contributed by atoms with Gasteiger partial charge in [-0.1, -0.05) is 10.3 Å². The summed E-state index contributed by atoms with van der Waals surface area (Å²) in [6.07, 6.45) is -3.45. The van der Waals surface area contributed by atoms with E-state index in [0.717, 1.165) is 37.5 Å². The average molecular weight is 414 g/mol. The fraction of sp³-hybridized carbons (Fsp3) is 0.600. The third-order valence-corrected chi connectivity index (χ3v) is 3.68. The van der Waals surface area contributed by atoms with Gasteiger partial charge in [0, 0.05) is 26.9 Å². The van der Waals surface area contributed by atoms with Crippen molar-refractivity contribution in [3.8, 4) is 0 Å². The molecule has 0 aromatic carbocycles. The lowest BCUT2D eigenvalue weighted by Gasteiger charge is -2.29. The molecule has 14 nitrogen and oxygen atoms in total. The van der Waals surface area contributed by atoms with Gasteiger partial charge in [0.2, 0.25) is 24.0 Å². The summed E-state index contributed by atoms with van der Waals surface area (Å²) in [5, 5.41) is 28.9. The molecule has 0 aliphatic carbocycles. The molecule has 0 heterocycles. The number of oxime groups is 2. The Morgan fingerprint density at radius 2 is 1.03 bits per heavy atom. The highest BCUT2D eigenvalue weighted by molar-refractivity contribution is 6.38. The number of carbonyl (C=O) groups is 4. The van der Waals surface area contributed by atoms with Gasteiger partial charge in [0.05, 0.1) is 0 Å². The smallest absolute Gasteiger partial charge is 0.223 e.